The van der Waals surface area contributed by atoms with Crippen LogP contribution in [0.15, 0.2) is 24.3 Å². The Kier molecular flexibility index (Phi) is 5.55. The Bertz CT molecular complexity index is 469. The van der Waals surface area contributed by atoms with E-state index < -0.39 is 11.8 Å². The van der Waals surface area contributed by atoms with Gasteiger partial charge in [0.05, 0.1) is 0 Å². The Balaban J connectivity index is 3.18. The fourth-order valence-electron chi connectivity index (χ4n) is 1.96. The van der Waals surface area contributed by atoms with Crippen LogP contribution in [0.4, 0.5) is 10.1 Å². The normalized spacial score (nSPS) is 11.2. The van der Waals surface area contributed by atoms with Crippen LogP contribution in [0.5, 0.6) is 0 Å². The molecule has 0 aromatic heterocycles. The molecule has 1 rings (SSSR count). The van der Waals surface area contributed by atoms with Gasteiger partial charge in [-0.25, -0.2) is 9.18 Å². The number of nitrogens with zero attached hydrogens (tertiary/aromatic N) is 1. The molecule has 0 spiro atoms. The molecule has 1 aromatic rings. The Morgan fingerprint density at radius 3 is 2.68 bits per heavy atom. The van der Waals surface area contributed by atoms with E-state index in [1.54, 1.807) is 6.07 Å². The molecule has 0 saturated carbocycles. The summed E-state index contributed by atoms with van der Waals surface area (Å²) in [6.45, 7) is 7.73. The van der Waals surface area contributed by atoms with E-state index in [-0.39, 0.29) is 0 Å². The van der Waals surface area contributed by atoms with Crippen molar-refractivity contribution in [1.82, 2.24) is 0 Å². The van der Waals surface area contributed by atoms with Gasteiger partial charge in [0.15, 0.2) is 0 Å². The van der Waals surface area contributed by atoms with Crippen LogP contribution in [-0.2, 0) is 4.79 Å². The molecular weight excluding hydrogens is 245 g/mol. The topological polar surface area (TPSA) is 40.5 Å². The maximum Gasteiger partial charge on any atom is 0.328 e. The summed E-state index contributed by atoms with van der Waals surface area (Å²) in [7, 11) is 0. The van der Waals surface area contributed by atoms with Crippen molar-refractivity contribution < 1.29 is 14.3 Å². The van der Waals surface area contributed by atoms with Gasteiger partial charge in [-0.05, 0) is 31.1 Å². The third-order valence-electron chi connectivity index (χ3n) is 2.73. The van der Waals surface area contributed by atoms with Crippen molar-refractivity contribution in [2.75, 3.05) is 18.0 Å². The molecule has 0 atom stereocenters. The molecular formula is C15H20FNO2. The average molecular weight is 265 g/mol. The highest BCUT2D eigenvalue weighted by Crippen LogP contribution is 2.25. The molecule has 0 heterocycles. The molecule has 0 fully saturated rings. The van der Waals surface area contributed by atoms with Crippen molar-refractivity contribution in [3.8, 4) is 0 Å². The molecule has 0 saturated heterocycles. The van der Waals surface area contributed by atoms with Crippen molar-refractivity contribution in [1.29, 1.82) is 0 Å². The second kappa shape index (κ2) is 6.92. The summed E-state index contributed by atoms with van der Waals surface area (Å²) in [6, 6.07) is 4.80. The zero-order chi connectivity index (χ0) is 14.4. The van der Waals surface area contributed by atoms with E-state index in [9.17, 15) is 9.18 Å². The number of carboxylic acids is 1. The first kappa shape index (κ1) is 15.2. The number of carboxylic acid groups (broad SMARTS) is 1. The summed E-state index contributed by atoms with van der Waals surface area (Å²) in [6.07, 6.45) is 2.28. The lowest BCUT2D eigenvalue weighted by molar-refractivity contribution is -0.131. The van der Waals surface area contributed by atoms with E-state index in [0.29, 0.717) is 11.5 Å². The van der Waals surface area contributed by atoms with Gasteiger partial charge in [0, 0.05) is 30.4 Å². The quantitative estimate of drug-likeness (QED) is 0.801. The SMILES string of the molecule is CCN(CC(C)C)c1cccc(F)c1/C=C/C(=O)O. The average Bonchev–Trinajstić information content (AvgIpc) is 2.33. The predicted octanol–water partition coefficient (Wildman–Crippen LogP) is 3.41. The first-order valence-electron chi connectivity index (χ1n) is 6.40. The molecule has 0 aliphatic carbocycles. The van der Waals surface area contributed by atoms with Gasteiger partial charge >= 0.3 is 5.97 Å². The Morgan fingerprint density at radius 2 is 2.16 bits per heavy atom. The number of halogens is 1. The Morgan fingerprint density at radius 1 is 1.47 bits per heavy atom. The standard InChI is InChI=1S/C15H20FNO2/c1-4-17(10-11(2)3)14-7-5-6-13(16)12(14)8-9-15(18)19/h5-9,11H,4,10H2,1-3H3,(H,18,19)/b9-8+. The highest BCUT2D eigenvalue weighted by molar-refractivity contribution is 5.87. The van der Waals surface area contributed by atoms with Gasteiger partial charge in [0.2, 0.25) is 0 Å². The predicted molar refractivity (Wildman–Crippen MR) is 75.8 cm³/mol. The number of benzene rings is 1. The van der Waals surface area contributed by atoms with Crippen LogP contribution in [0.1, 0.15) is 26.3 Å². The molecule has 1 N–H and O–H groups in total. The van der Waals surface area contributed by atoms with Crippen LogP contribution >= 0.6 is 0 Å². The van der Waals surface area contributed by atoms with E-state index in [1.165, 1.54) is 12.1 Å². The first-order chi connectivity index (χ1) is 8.95. The van der Waals surface area contributed by atoms with Gasteiger partial charge < -0.3 is 10.0 Å². The van der Waals surface area contributed by atoms with Crippen LogP contribution in [0, 0.1) is 11.7 Å². The molecule has 0 amide bonds. The summed E-state index contributed by atoms with van der Waals surface area (Å²) < 4.78 is 13.9. The summed E-state index contributed by atoms with van der Waals surface area (Å²) in [5.74, 6) is -1.04. The van der Waals surface area contributed by atoms with Crippen LogP contribution < -0.4 is 4.90 Å². The van der Waals surface area contributed by atoms with Gasteiger partial charge in [-0.3, -0.25) is 0 Å². The number of aliphatic carboxylic acids is 1. The second-order valence-electron chi connectivity index (χ2n) is 4.78. The van der Waals surface area contributed by atoms with E-state index in [0.717, 1.165) is 24.9 Å². The Labute approximate surface area is 113 Å². The molecule has 0 bridgehead atoms. The third-order valence-corrected chi connectivity index (χ3v) is 2.73. The highest BCUT2D eigenvalue weighted by atomic mass is 19.1. The lowest BCUT2D eigenvalue weighted by Gasteiger charge is -2.27. The summed E-state index contributed by atoms with van der Waals surface area (Å²) in [4.78, 5) is 12.6. The van der Waals surface area contributed by atoms with E-state index in [2.05, 4.69) is 18.7 Å². The minimum Gasteiger partial charge on any atom is -0.478 e. The Hall–Kier alpha value is -1.84. The van der Waals surface area contributed by atoms with Crippen molar-refractivity contribution in [2.24, 2.45) is 5.92 Å². The fourth-order valence-corrected chi connectivity index (χ4v) is 1.96. The van der Waals surface area contributed by atoms with Crippen LogP contribution in [-0.4, -0.2) is 24.2 Å². The summed E-state index contributed by atoms with van der Waals surface area (Å²) in [5.41, 5.74) is 1.06. The number of hydrogen-bond donors (Lipinski definition) is 1. The van der Waals surface area contributed by atoms with Gasteiger partial charge in [-0.15, -0.1) is 0 Å². The molecule has 1 aromatic carbocycles. The van der Waals surface area contributed by atoms with Crippen molar-refractivity contribution in [3.05, 3.63) is 35.7 Å². The van der Waals surface area contributed by atoms with Gasteiger partial charge in [0.1, 0.15) is 5.82 Å². The molecule has 0 radical (unpaired) electrons. The lowest BCUT2D eigenvalue weighted by atomic mass is 10.1. The minimum atomic E-state index is -1.08. The van der Waals surface area contributed by atoms with E-state index >= 15 is 0 Å². The maximum atomic E-state index is 13.9. The third kappa shape index (κ3) is 4.39. The fraction of sp³-hybridized carbons (Fsp3) is 0.400. The monoisotopic (exact) mass is 265 g/mol. The molecule has 104 valence electrons. The summed E-state index contributed by atoms with van der Waals surface area (Å²) >= 11 is 0. The molecule has 0 unspecified atom stereocenters. The maximum absolute atomic E-state index is 13.9. The number of rotatable bonds is 6. The van der Waals surface area contributed by atoms with Crippen molar-refractivity contribution in [3.63, 3.8) is 0 Å². The largest absolute Gasteiger partial charge is 0.478 e. The number of anilines is 1. The van der Waals surface area contributed by atoms with E-state index in [1.807, 2.05) is 13.0 Å². The smallest absolute Gasteiger partial charge is 0.328 e. The first-order valence-corrected chi connectivity index (χ1v) is 6.40. The highest BCUT2D eigenvalue weighted by Gasteiger charge is 2.13. The molecule has 0 aliphatic heterocycles. The van der Waals surface area contributed by atoms with Crippen LogP contribution in [0.25, 0.3) is 6.08 Å². The molecule has 3 nitrogen and oxygen atoms in total. The molecule has 0 aliphatic rings. The second-order valence-corrected chi connectivity index (χ2v) is 4.78. The lowest BCUT2D eigenvalue weighted by Crippen LogP contribution is -2.28. The van der Waals surface area contributed by atoms with Crippen LogP contribution in [0.3, 0.4) is 0 Å². The zero-order valence-corrected chi connectivity index (χ0v) is 11.6. The zero-order valence-electron chi connectivity index (χ0n) is 11.6. The number of carbonyl (C=O) groups is 1. The summed E-state index contributed by atoms with van der Waals surface area (Å²) in [5, 5.41) is 8.67. The van der Waals surface area contributed by atoms with Gasteiger partial charge in [-0.1, -0.05) is 19.9 Å². The van der Waals surface area contributed by atoms with Crippen LogP contribution in [0.2, 0.25) is 0 Å². The minimum absolute atomic E-state index is 0.326. The van der Waals surface area contributed by atoms with Gasteiger partial charge in [0.25, 0.3) is 0 Å². The van der Waals surface area contributed by atoms with E-state index in [4.69, 9.17) is 5.11 Å². The number of hydrogen-bond acceptors (Lipinski definition) is 2. The van der Waals surface area contributed by atoms with Crippen molar-refractivity contribution >= 4 is 17.7 Å². The van der Waals surface area contributed by atoms with Crippen molar-refractivity contribution in [2.45, 2.75) is 20.8 Å². The molecule has 4 heteroatoms. The molecule has 19 heavy (non-hydrogen) atoms. The van der Waals surface area contributed by atoms with Gasteiger partial charge in [-0.2, -0.15) is 0 Å².